The molecule has 1 aromatic heterocycles. The molecule has 2 aliphatic heterocycles. The lowest BCUT2D eigenvalue weighted by atomic mass is 9.34. The summed E-state index contributed by atoms with van der Waals surface area (Å²) in [6, 6.07) is 52.8. The lowest BCUT2D eigenvalue weighted by Gasteiger charge is -2.39. The summed E-state index contributed by atoms with van der Waals surface area (Å²) >= 11 is 0. The van der Waals surface area contributed by atoms with Gasteiger partial charge in [-0.05, 0) is 58.5 Å². The zero-order valence-corrected chi connectivity index (χ0v) is 24.7. The highest BCUT2D eigenvalue weighted by molar-refractivity contribution is 7.00. The first kappa shape index (κ1) is 25.3. The molecule has 7 aromatic carbocycles. The number of hydrogen-bond donors (Lipinski definition) is 0. The van der Waals surface area contributed by atoms with Gasteiger partial charge in [-0.25, -0.2) is 9.69 Å². The average molecular weight is 588 g/mol. The summed E-state index contributed by atoms with van der Waals surface area (Å²) in [6.07, 6.45) is -0.384. The van der Waals surface area contributed by atoms with Gasteiger partial charge in [0.05, 0.1) is 22.1 Å². The Bertz CT molecular complexity index is 2520. The van der Waals surface area contributed by atoms with Crippen LogP contribution < -0.4 is 26.0 Å². The van der Waals surface area contributed by atoms with Gasteiger partial charge in [0.25, 0.3) is 0 Å². The SMILES string of the molecule is O=C1Oc2cc(-c3ccccc3)cc3c2c2c(c4c5ccccc5n(-c5ccccc5)c34)B(c3ccccc3)c3ccccc3N12. The summed E-state index contributed by atoms with van der Waals surface area (Å²) in [5.41, 5.74) is 10.6. The number of amides is 1. The molecule has 0 atom stereocenters. The minimum atomic E-state index is -0.384. The number of rotatable bonds is 3. The van der Waals surface area contributed by atoms with Gasteiger partial charge in [0, 0.05) is 27.5 Å². The second-order valence-electron chi connectivity index (χ2n) is 12.0. The van der Waals surface area contributed by atoms with Crippen molar-refractivity contribution in [3.63, 3.8) is 0 Å². The smallest absolute Gasteiger partial charge is 0.409 e. The average Bonchev–Trinajstić information content (AvgIpc) is 3.47. The zero-order chi connectivity index (χ0) is 30.4. The number of carbonyl (C=O) groups excluding carboxylic acids is 1. The molecule has 0 unspecified atom stereocenters. The summed E-state index contributed by atoms with van der Waals surface area (Å²) in [6.45, 7) is -0.0990. The maximum Gasteiger partial charge on any atom is 0.424 e. The number of aromatic nitrogens is 1. The van der Waals surface area contributed by atoms with E-state index in [2.05, 4.69) is 120 Å². The molecule has 0 N–H and O–H groups in total. The molecule has 10 rings (SSSR count). The van der Waals surface area contributed by atoms with Crippen molar-refractivity contribution in [1.82, 2.24) is 4.57 Å². The number of para-hydroxylation sites is 3. The number of hydrogen-bond acceptors (Lipinski definition) is 2. The van der Waals surface area contributed by atoms with Crippen molar-refractivity contribution in [2.45, 2.75) is 0 Å². The molecule has 0 aliphatic carbocycles. The highest BCUT2D eigenvalue weighted by Crippen LogP contribution is 2.49. The standard InChI is InChI=1S/C41H25BN2O2/c45-41-44-34-23-13-11-21-32(34)42(28-16-6-2-7-17-28)38-37-30-20-10-12-22-33(30)43(29-18-8-3-9-19-29)39(37)31-24-27(26-14-4-1-5-15-26)25-35(46-41)36(31)40(38)44/h1-25H. The van der Waals surface area contributed by atoms with Crippen LogP contribution in [0.5, 0.6) is 5.75 Å². The van der Waals surface area contributed by atoms with Gasteiger partial charge in [-0.3, -0.25) is 0 Å². The van der Waals surface area contributed by atoms with Crippen LogP contribution in [0.2, 0.25) is 0 Å². The molecule has 1 amide bonds. The van der Waals surface area contributed by atoms with Gasteiger partial charge in [-0.1, -0.05) is 121 Å². The first-order valence-corrected chi connectivity index (χ1v) is 15.6. The quantitative estimate of drug-likeness (QED) is 0.196. The molecule has 46 heavy (non-hydrogen) atoms. The Morgan fingerprint density at radius 1 is 0.587 bits per heavy atom. The Balaban J connectivity index is 1.49. The number of nitrogens with zero attached hydrogens (tertiary/aromatic N) is 2. The van der Waals surface area contributed by atoms with Gasteiger partial charge in [0.2, 0.25) is 6.71 Å². The molecule has 2 aliphatic rings. The van der Waals surface area contributed by atoms with Crippen LogP contribution in [0.1, 0.15) is 0 Å². The van der Waals surface area contributed by atoms with E-state index in [4.69, 9.17) is 4.74 Å². The van der Waals surface area contributed by atoms with E-state index in [9.17, 15) is 4.79 Å². The summed E-state index contributed by atoms with van der Waals surface area (Å²) in [5.74, 6) is 0.590. The molecule has 3 heterocycles. The molecule has 4 nitrogen and oxygen atoms in total. The van der Waals surface area contributed by atoms with E-state index >= 15 is 0 Å². The highest BCUT2D eigenvalue weighted by Gasteiger charge is 2.44. The van der Waals surface area contributed by atoms with Crippen molar-refractivity contribution < 1.29 is 9.53 Å². The minimum Gasteiger partial charge on any atom is -0.409 e. The molecule has 5 heteroatoms. The molecule has 0 fully saturated rings. The van der Waals surface area contributed by atoms with E-state index in [0.29, 0.717) is 5.75 Å². The topological polar surface area (TPSA) is 34.5 Å². The fourth-order valence-electron chi connectivity index (χ4n) is 7.84. The van der Waals surface area contributed by atoms with Crippen LogP contribution in [0.15, 0.2) is 152 Å². The van der Waals surface area contributed by atoms with E-state index in [-0.39, 0.29) is 12.8 Å². The summed E-state index contributed by atoms with van der Waals surface area (Å²) in [5, 5.41) is 4.31. The normalized spacial score (nSPS) is 13.3. The van der Waals surface area contributed by atoms with Crippen LogP contribution in [0, 0.1) is 0 Å². The molecule has 0 spiro atoms. The first-order valence-electron chi connectivity index (χ1n) is 15.6. The maximum absolute atomic E-state index is 14.2. The Labute approximate surface area is 265 Å². The molecule has 0 saturated heterocycles. The fourth-order valence-corrected chi connectivity index (χ4v) is 7.84. The molecule has 0 radical (unpaired) electrons. The lowest BCUT2D eigenvalue weighted by molar-refractivity contribution is 0.210. The summed E-state index contributed by atoms with van der Waals surface area (Å²) < 4.78 is 8.69. The first-order chi connectivity index (χ1) is 22.8. The monoisotopic (exact) mass is 588 g/mol. The van der Waals surface area contributed by atoms with Gasteiger partial charge < -0.3 is 9.30 Å². The zero-order valence-electron chi connectivity index (χ0n) is 24.7. The van der Waals surface area contributed by atoms with Crippen LogP contribution >= 0.6 is 0 Å². The second kappa shape index (κ2) is 9.47. The Kier molecular flexibility index (Phi) is 5.20. The lowest BCUT2D eigenvalue weighted by Crippen LogP contribution is -2.59. The van der Waals surface area contributed by atoms with E-state index in [1.165, 1.54) is 5.46 Å². The summed E-state index contributed by atoms with van der Waals surface area (Å²) in [4.78, 5) is 16.0. The predicted octanol–water partition coefficient (Wildman–Crippen LogP) is 8.08. The predicted molar refractivity (Wildman–Crippen MR) is 189 cm³/mol. The van der Waals surface area contributed by atoms with E-state index in [0.717, 1.165) is 71.7 Å². The Morgan fingerprint density at radius 2 is 1.26 bits per heavy atom. The van der Waals surface area contributed by atoms with Crippen LogP contribution in [-0.4, -0.2) is 17.4 Å². The van der Waals surface area contributed by atoms with E-state index in [1.807, 2.05) is 41.3 Å². The number of benzene rings is 7. The van der Waals surface area contributed by atoms with Gasteiger partial charge >= 0.3 is 6.09 Å². The van der Waals surface area contributed by atoms with Crippen molar-refractivity contribution in [2.75, 3.05) is 4.90 Å². The third-order valence-electron chi connectivity index (χ3n) is 9.63. The van der Waals surface area contributed by atoms with Gasteiger partial charge in [-0.2, -0.15) is 0 Å². The van der Waals surface area contributed by atoms with Gasteiger partial charge in [-0.15, -0.1) is 0 Å². The molecule has 214 valence electrons. The van der Waals surface area contributed by atoms with Crippen LogP contribution in [0.25, 0.3) is 49.4 Å². The molecular weight excluding hydrogens is 563 g/mol. The van der Waals surface area contributed by atoms with Crippen molar-refractivity contribution in [2.24, 2.45) is 0 Å². The van der Waals surface area contributed by atoms with Crippen LogP contribution in [0.3, 0.4) is 0 Å². The Hall–Kier alpha value is -6.07. The number of fused-ring (bicyclic) bond motifs is 7. The molecule has 0 bridgehead atoms. The van der Waals surface area contributed by atoms with Gasteiger partial charge in [0.15, 0.2) is 0 Å². The molecular formula is C41H25BN2O2. The molecule has 0 saturated carbocycles. The maximum atomic E-state index is 14.2. The largest absolute Gasteiger partial charge is 0.424 e. The minimum absolute atomic E-state index is 0.0990. The third kappa shape index (κ3) is 3.37. The number of ether oxygens (including phenoxy) is 1. The van der Waals surface area contributed by atoms with Crippen molar-refractivity contribution in [1.29, 1.82) is 0 Å². The molecule has 8 aromatic rings. The highest BCUT2D eigenvalue weighted by atomic mass is 16.6. The number of anilines is 2. The fraction of sp³-hybridized carbons (Fsp3) is 0. The Morgan fingerprint density at radius 3 is 2.07 bits per heavy atom. The van der Waals surface area contributed by atoms with Crippen molar-refractivity contribution in [3.05, 3.63) is 152 Å². The third-order valence-corrected chi connectivity index (χ3v) is 9.63. The van der Waals surface area contributed by atoms with Crippen molar-refractivity contribution in [3.8, 4) is 22.6 Å². The number of carbonyl (C=O) groups is 1. The van der Waals surface area contributed by atoms with Crippen LogP contribution in [-0.2, 0) is 0 Å². The van der Waals surface area contributed by atoms with E-state index in [1.54, 1.807) is 0 Å². The van der Waals surface area contributed by atoms with E-state index < -0.39 is 0 Å². The second-order valence-corrected chi connectivity index (χ2v) is 12.0. The van der Waals surface area contributed by atoms with Gasteiger partial charge in [0.1, 0.15) is 5.75 Å². The summed E-state index contributed by atoms with van der Waals surface area (Å²) in [7, 11) is 0. The van der Waals surface area contributed by atoms with Crippen LogP contribution in [0.4, 0.5) is 16.2 Å². The van der Waals surface area contributed by atoms with Crippen molar-refractivity contribution >= 4 is 73.1 Å².